The molecule has 0 bridgehead atoms. The van der Waals surface area contributed by atoms with Gasteiger partial charge in [-0.2, -0.15) is 0 Å². The van der Waals surface area contributed by atoms with Crippen molar-refractivity contribution >= 4 is 43.8 Å². The SMILES string of the molecule is Cc1cccc(S(=O)CC(=O)c2sccc2Br)c1. The molecule has 0 saturated heterocycles. The first-order chi connectivity index (χ1) is 8.58. The van der Waals surface area contributed by atoms with Crippen molar-refractivity contribution in [3.63, 3.8) is 0 Å². The lowest BCUT2D eigenvalue weighted by molar-refractivity contribution is 0.102. The molecule has 2 rings (SSSR count). The maximum atomic E-state index is 12.1. The van der Waals surface area contributed by atoms with Crippen molar-refractivity contribution in [3.05, 3.63) is 50.6 Å². The molecule has 0 saturated carbocycles. The second-order valence-electron chi connectivity index (χ2n) is 3.83. The number of halogens is 1. The van der Waals surface area contributed by atoms with Crippen LogP contribution in [0.3, 0.4) is 0 Å². The molecule has 0 aliphatic heterocycles. The molecule has 0 aliphatic rings. The molecule has 1 aromatic heterocycles. The summed E-state index contributed by atoms with van der Waals surface area (Å²) in [6.07, 6.45) is 0. The Morgan fingerprint density at radius 2 is 2.17 bits per heavy atom. The van der Waals surface area contributed by atoms with E-state index in [9.17, 15) is 9.00 Å². The van der Waals surface area contributed by atoms with Gasteiger partial charge in [-0.05, 0) is 52.0 Å². The van der Waals surface area contributed by atoms with E-state index in [-0.39, 0.29) is 11.5 Å². The van der Waals surface area contributed by atoms with Gasteiger partial charge in [0.1, 0.15) is 0 Å². The molecule has 0 spiro atoms. The summed E-state index contributed by atoms with van der Waals surface area (Å²) in [5, 5.41) is 1.84. The van der Waals surface area contributed by atoms with Crippen molar-refractivity contribution in [2.75, 3.05) is 5.75 Å². The van der Waals surface area contributed by atoms with Crippen LogP contribution >= 0.6 is 27.3 Å². The molecular formula is C13H11BrO2S2. The highest BCUT2D eigenvalue weighted by Gasteiger charge is 2.16. The standard InChI is InChI=1S/C13H11BrO2S2/c1-9-3-2-4-10(7-9)18(16)8-12(15)13-11(14)5-6-17-13/h2-7H,8H2,1H3. The van der Waals surface area contributed by atoms with E-state index >= 15 is 0 Å². The number of benzene rings is 1. The fraction of sp³-hybridized carbons (Fsp3) is 0.154. The van der Waals surface area contributed by atoms with Crippen molar-refractivity contribution in [3.8, 4) is 0 Å². The number of hydrogen-bond donors (Lipinski definition) is 0. The lowest BCUT2D eigenvalue weighted by Crippen LogP contribution is -2.10. The zero-order valence-corrected chi connectivity index (χ0v) is 12.9. The van der Waals surface area contributed by atoms with Gasteiger partial charge < -0.3 is 0 Å². The number of ketones is 1. The third-order valence-corrected chi connectivity index (χ3v) is 5.57. The predicted octanol–water partition coefficient (Wildman–Crippen LogP) is 3.81. The summed E-state index contributed by atoms with van der Waals surface area (Å²) in [6.45, 7) is 1.94. The van der Waals surface area contributed by atoms with Gasteiger partial charge in [0.2, 0.25) is 0 Å². The Kier molecular flexibility index (Phi) is 4.48. The van der Waals surface area contributed by atoms with E-state index in [1.807, 2.05) is 36.6 Å². The number of Topliss-reactive ketones (excluding diaryl/α,β-unsaturated/α-hetero) is 1. The number of aryl methyl sites for hydroxylation is 1. The topological polar surface area (TPSA) is 34.1 Å². The smallest absolute Gasteiger partial charge is 0.186 e. The van der Waals surface area contributed by atoms with E-state index in [1.54, 1.807) is 6.07 Å². The second kappa shape index (κ2) is 5.91. The summed E-state index contributed by atoms with van der Waals surface area (Å²) >= 11 is 4.68. The molecule has 1 aromatic carbocycles. The summed E-state index contributed by atoms with van der Waals surface area (Å²) in [5.41, 5.74) is 1.05. The monoisotopic (exact) mass is 342 g/mol. The van der Waals surface area contributed by atoms with Gasteiger partial charge in [0.15, 0.2) is 5.78 Å². The van der Waals surface area contributed by atoms with E-state index in [1.165, 1.54) is 11.3 Å². The Hall–Kier alpha value is -0.780. The first kappa shape index (κ1) is 13.6. The third kappa shape index (κ3) is 3.16. The fourth-order valence-electron chi connectivity index (χ4n) is 1.52. The van der Waals surface area contributed by atoms with Crippen LogP contribution in [-0.4, -0.2) is 15.7 Å². The van der Waals surface area contributed by atoms with Crippen molar-refractivity contribution in [1.29, 1.82) is 0 Å². The minimum absolute atomic E-state index is 0.0303. The van der Waals surface area contributed by atoms with E-state index in [0.717, 1.165) is 10.0 Å². The normalized spacial score (nSPS) is 12.3. The molecule has 1 unspecified atom stereocenters. The molecule has 0 radical (unpaired) electrons. The quantitative estimate of drug-likeness (QED) is 0.791. The van der Waals surface area contributed by atoms with Crippen LogP contribution in [0.1, 0.15) is 15.2 Å². The van der Waals surface area contributed by atoms with Crippen LogP contribution in [0.5, 0.6) is 0 Å². The minimum Gasteiger partial charge on any atom is -0.292 e. The van der Waals surface area contributed by atoms with Crippen molar-refractivity contribution < 1.29 is 9.00 Å². The highest BCUT2D eigenvalue weighted by molar-refractivity contribution is 9.10. The van der Waals surface area contributed by atoms with Gasteiger partial charge in [-0.3, -0.25) is 9.00 Å². The summed E-state index contributed by atoms with van der Waals surface area (Å²) in [4.78, 5) is 13.3. The van der Waals surface area contributed by atoms with Crippen LogP contribution in [-0.2, 0) is 10.8 Å². The zero-order chi connectivity index (χ0) is 13.1. The van der Waals surface area contributed by atoms with Gasteiger partial charge in [-0.1, -0.05) is 12.1 Å². The highest BCUT2D eigenvalue weighted by Crippen LogP contribution is 2.23. The molecule has 5 heteroatoms. The van der Waals surface area contributed by atoms with E-state index in [2.05, 4.69) is 15.9 Å². The molecule has 1 atom stereocenters. The fourth-order valence-corrected chi connectivity index (χ4v) is 4.24. The Labute approximate surface area is 121 Å². The minimum atomic E-state index is -1.28. The molecule has 94 valence electrons. The van der Waals surface area contributed by atoms with Gasteiger partial charge in [0.05, 0.1) is 21.4 Å². The maximum absolute atomic E-state index is 12.1. The second-order valence-corrected chi connectivity index (χ2v) is 7.05. The molecule has 0 aliphatic carbocycles. The van der Waals surface area contributed by atoms with Crippen LogP contribution in [0.2, 0.25) is 0 Å². The first-order valence-electron chi connectivity index (χ1n) is 5.29. The molecule has 1 heterocycles. The molecule has 2 aromatic rings. The van der Waals surface area contributed by atoms with Crippen LogP contribution in [0, 0.1) is 6.92 Å². The maximum Gasteiger partial charge on any atom is 0.186 e. The Bertz CT molecular complexity index is 605. The Morgan fingerprint density at radius 1 is 1.39 bits per heavy atom. The van der Waals surface area contributed by atoms with Crippen molar-refractivity contribution in [2.45, 2.75) is 11.8 Å². The lowest BCUT2D eigenvalue weighted by Gasteiger charge is -2.02. The Morgan fingerprint density at radius 3 is 2.78 bits per heavy atom. The average Bonchev–Trinajstić information content (AvgIpc) is 2.75. The number of carbonyl (C=O) groups is 1. The lowest BCUT2D eigenvalue weighted by atomic mass is 10.2. The number of hydrogen-bond acceptors (Lipinski definition) is 3. The largest absolute Gasteiger partial charge is 0.292 e. The van der Waals surface area contributed by atoms with Crippen molar-refractivity contribution in [1.82, 2.24) is 0 Å². The van der Waals surface area contributed by atoms with Gasteiger partial charge in [0, 0.05) is 9.37 Å². The molecule has 0 amide bonds. The third-order valence-electron chi connectivity index (χ3n) is 2.39. The van der Waals surface area contributed by atoms with Gasteiger partial charge in [0.25, 0.3) is 0 Å². The molecule has 0 N–H and O–H groups in total. The van der Waals surface area contributed by atoms with E-state index < -0.39 is 10.8 Å². The summed E-state index contributed by atoms with van der Waals surface area (Å²) in [5.74, 6) is -0.0561. The number of carbonyl (C=O) groups excluding carboxylic acids is 1. The van der Waals surface area contributed by atoms with Crippen LogP contribution < -0.4 is 0 Å². The molecule has 0 fully saturated rings. The summed E-state index contributed by atoms with van der Waals surface area (Å²) in [6, 6.07) is 9.27. The van der Waals surface area contributed by atoms with Crippen LogP contribution in [0.15, 0.2) is 45.1 Å². The average molecular weight is 343 g/mol. The van der Waals surface area contributed by atoms with E-state index in [0.29, 0.717) is 9.77 Å². The highest BCUT2D eigenvalue weighted by atomic mass is 79.9. The van der Waals surface area contributed by atoms with Crippen LogP contribution in [0.4, 0.5) is 0 Å². The van der Waals surface area contributed by atoms with Gasteiger partial charge >= 0.3 is 0 Å². The molecule has 2 nitrogen and oxygen atoms in total. The summed E-state index contributed by atoms with van der Waals surface area (Å²) in [7, 11) is -1.28. The van der Waals surface area contributed by atoms with E-state index in [4.69, 9.17) is 0 Å². The Balaban J connectivity index is 2.13. The summed E-state index contributed by atoms with van der Waals surface area (Å²) < 4.78 is 12.9. The predicted molar refractivity (Wildman–Crippen MR) is 78.8 cm³/mol. The van der Waals surface area contributed by atoms with Gasteiger partial charge in [-0.15, -0.1) is 11.3 Å². The van der Waals surface area contributed by atoms with Gasteiger partial charge in [-0.25, -0.2) is 0 Å². The number of thiophene rings is 1. The zero-order valence-electron chi connectivity index (χ0n) is 9.68. The van der Waals surface area contributed by atoms with Crippen LogP contribution in [0.25, 0.3) is 0 Å². The molecular weight excluding hydrogens is 332 g/mol. The number of rotatable bonds is 4. The molecule has 18 heavy (non-hydrogen) atoms. The van der Waals surface area contributed by atoms with Crippen molar-refractivity contribution in [2.24, 2.45) is 0 Å². The first-order valence-corrected chi connectivity index (χ1v) is 8.28.